The van der Waals surface area contributed by atoms with Gasteiger partial charge in [0.05, 0.1) is 11.7 Å². The van der Waals surface area contributed by atoms with E-state index in [4.69, 9.17) is 0 Å². The van der Waals surface area contributed by atoms with E-state index in [1.165, 1.54) is 45.6 Å². The smallest absolute Gasteiger partial charge is 0.543 e. The number of nitrogens with one attached hydrogen (secondary N) is 3. The molecule has 0 saturated carbocycles. The van der Waals surface area contributed by atoms with Crippen LogP contribution >= 0.6 is 34.9 Å². The summed E-state index contributed by atoms with van der Waals surface area (Å²) in [6, 6.07) is 5.41. The molecule has 0 aliphatic carbocycles. The average molecular weight is 697 g/mol. The number of carboxylic acid groups (broad SMARTS) is 1. The van der Waals surface area contributed by atoms with Gasteiger partial charge in [-0.15, -0.1) is 22.0 Å². The number of aromatic nitrogens is 2. The molecule has 2 fully saturated rings. The van der Waals surface area contributed by atoms with Crippen molar-refractivity contribution in [2.45, 2.75) is 28.3 Å². The van der Waals surface area contributed by atoms with Crippen LogP contribution < -0.4 is 50.6 Å². The van der Waals surface area contributed by atoms with Gasteiger partial charge < -0.3 is 30.8 Å². The number of urea groups is 1. The maximum absolute atomic E-state index is 13.8. The van der Waals surface area contributed by atoms with E-state index in [1.54, 1.807) is 25.1 Å². The van der Waals surface area contributed by atoms with Crippen LogP contribution in [0.4, 0.5) is 4.79 Å². The number of imide groups is 1. The van der Waals surface area contributed by atoms with Crippen LogP contribution in [0.3, 0.4) is 0 Å². The Balaban J connectivity index is 0.00000480. The molecule has 0 spiro atoms. The summed E-state index contributed by atoms with van der Waals surface area (Å²) in [5.41, 5.74) is -0.272. The van der Waals surface area contributed by atoms with Crippen molar-refractivity contribution < 1.29 is 68.2 Å². The van der Waals surface area contributed by atoms with Crippen LogP contribution in [0.2, 0.25) is 0 Å². The van der Waals surface area contributed by atoms with Gasteiger partial charge in [0, 0.05) is 31.1 Å². The SMILES string of the molecule is CCN1CCN(C(=O)NC(C(=O)N[C@]2(NC=O)C(=O)N3C(C(=O)[O-])=C(CSc4nncs4)CS[C@H]32)c2ccccc2)C(=O)C1=O.[Na+]. The molecule has 16 nitrogen and oxygen atoms in total. The molecule has 20 heteroatoms. The fraction of sp³-hybridized carbons (Fsp3) is 0.346. The Kier molecular flexibility index (Phi) is 11.5. The third-order valence-corrected chi connectivity index (χ3v) is 10.6. The van der Waals surface area contributed by atoms with Crippen molar-refractivity contribution in [3.63, 3.8) is 0 Å². The molecule has 1 aromatic carbocycles. The van der Waals surface area contributed by atoms with E-state index in [1.807, 2.05) is 0 Å². The Morgan fingerprint density at radius 3 is 2.54 bits per heavy atom. The summed E-state index contributed by atoms with van der Waals surface area (Å²) in [6.07, 6.45) is 0.201. The first-order valence-corrected chi connectivity index (χ1v) is 16.3. The Labute approximate surface area is 296 Å². The van der Waals surface area contributed by atoms with Crippen molar-refractivity contribution in [1.29, 1.82) is 0 Å². The summed E-state index contributed by atoms with van der Waals surface area (Å²) < 4.78 is 0.596. The third-order valence-electron chi connectivity index (χ3n) is 7.26. The largest absolute Gasteiger partial charge is 1.00 e. The Bertz CT molecular complexity index is 1580. The van der Waals surface area contributed by atoms with E-state index in [-0.39, 0.29) is 78.4 Å². The number of nitrogens with zero attached hydrogens (tertiary/aromatic N) is 5. The molecular weight excluding hydrogens is 672 g/mol. The molecule has 4 heterocycles. The van der Waals surface area contributed by atoms with Gasteiger partial charge in [0.2, 0.25) is 18.0 Å². The standard InChI is InChI=1S/C26H26N8O8S3.Na/c1-2-32-8-9-33(20(38)19(32)37)24(42)29-16(14-6-4-3-5-7-14)18(36)30-26(27-12-35)22(41)34-17(21(39)40)15(10-43-23(26)34)11-44-25-31-28-13-45-25;/h3-7,12-13,16,23H,2,8-11H2,1H3,(H,27,35)(H,29,42)(H,30,36)(H,39,40);/q;+1/p-1/t16?,23-,26+;/m0./s1. The number of amides is 7. The van der Waals surface area contributed by atoms with Crippen LogP contribution in [-0.4, -0.2) is 109 Å². The summed E-state index contributed by atoms with van der Waals surface area (Å²) in [5, 5.41) is 26.1. The Morgan fingerprint density at radius 2 is 1.91 bits per heavy atom. The molecule has 0 bridgehead atoms. The summed E-state index contributed by atoms with van der Waals surface area (Å²) in [7, 11) is 0. The minimum atomic E-state index is -2.07. The van der Waals surface area contributed by atoms with E-state index in [0.717, 1.165) is 16.7 Å². The number of hydrogen-bond acceptors (Lipinski definition) is 13. The van der Waals surface area contributed by atoms with Gasteiger partial charge in [0.15, 0.2) is 4.34 Å². The van der Waals surface area contributed by atoms with Crippen LogP contribution in [0, 0.1) is 0 Å². The zero-order valence-corrected chi connectivity index (χ0v) is 28.9. The Hall–Kier alpha value is -3.49. The number of carbonyl (C=O) groups is 7. The second-order valence-electron chi connectivity index (χ2n) is 9.77. The van der Waals surface area contributed by atoms with E-state index >= 15 is 0 Å². The number of β-lactam (4-membered cyclic amide) rings is 1. The minimum Gasteiger partial charge on any atom is -0.543 e. The first kappa shape index (κ1) is 35.4. The fourth-order valence-corrected chi connectivity index (χ4v) is 8.11. The monoisotopic (exact) mass is 696 g/mol. The molecule has 3 atom stereocenters. The predicted molar refractivity (Wildman–Crippen MR) is 158 cm³/mol. The van der Waals surface area contributed by atoms with Crippen LogP contribution in [0.5, 0.6) is 0 Å². The molecule has 1 unspecified atom stereocenters. The minimum absolute atomic E-state index is 0. The van der Waals surface area contributed by atoms with E-state index < -0.39 is 52.7 Å². The van der Waals surface area contributed by atoms with Crippen molar-refractivity contribution >= 4 is 76.9 Å². The van der Waals surface area contributed by atoms with Crippen LogP contribution in [0.1, 0.15) is 18.5 Å². The molecule has 0 radical (unpaired) electrons. The number of rotatable bonds is 11. The van der Waals surface area contributed by atoms with Crippen molar-refractivity contribution in [3.05, 3.63) is 52.7 Å². The molecule has 7 amide bonds. The number of benzene rings is 1. The molecule has 2 aromatic rings. The summed E-state index contributed by atoms with van der Waals surface area (Å²) in [6.45, 7) is 1.98. The second kappa shape index (κ2) is 14.9. The quantitative estimate of drug-likeness (QED) is 0.0505. The van der Waals surface area contributed by atoms with E-state index in [0.29, 0.717) is 14.8 Å². The average Bonchev–Trinajstić information content (AvgIpc) is 3.57. The number of fused-ring (bicyclic) bond motifs is 1. The van der Waals surface area contributed by atoms with Gasteiger partial charge in [-0.1, -0.05) is 53.4 Å². The number of thioether (sulfide) groups is 2. The number of carboxylic acids is 1. The number of likely N-dealkylation sites (N-methyl/N-ethyl adjacent to an activating group) is 1. The topological polar surface area (TPSA) is 214 Å². The molecule has 3 N–H and O–H groups in total. The normalized spacial score (nSPS) is 21.5. The number of hydrogen-bond donors (Lipinski definition) is 3. The predicted octanol–water partition coefficient (Wildman–Crippen LogP) is -4.75. The van der Waals surface area contributed by atoms with Crippen LogP contribution in [0.25, 0.3) is 0 Å². The number of aliphatic carboxylic acids is 1. The zero-order valence-electron chi connectivity index (χ0n) is 24.5. The van der Waals surface area contributed by atoms with Crippen molar-refractivity contribution in [2.75, 3.05) is 31.1 Å². The van der Waals surface area contributed by atoms with Crippen molar-refractivity contribution in [1.82, 2.24) is 40.8 Å². The summed E-state index contributed by atoms with van der Waals surface area (Å²) in [5.74, 6) is -5.10. The van der Waals surface area contributed by atoms with Crippen molar-refractivity contribution in [3.8, 4) is 0 Å². The van der Waals surface area contributed by atoms with E-state index in [2.05, 4.69) is 26.1 Å². The number of carbonyl (C=O) groups excluding carboxylic acids is 7. The van der Waals surface area contributed by atoms with Gasteiger partial charge >= 0.3 is 47.4 Å². The van der Waals surface area contributed by atoms with Gasteiger partial charge in [-0.25, -0.2) is 4.79 Å². The molecule has 1 aromatic heterocycles. The van der Waals surface area contributed by atoms with Gasteiger partial charge in [0.25, 0.3) is 5.91 Å². The maximum Gasteiger partial charge on any atom is 1.00 e. The zero-order chi connectivity index (χ0) is 32.3. The number of piperazine rings is 1. The van der Waals surface area contributed by atoms with Gasteiger partial charge in [-0.05, 0) is 18.1 Å². The fourth-order valence-electron chi connectivity index (χ4n) is 5.05. The van der Waals surface area contributed by atoms with E-state index in [9.17, 15) is 38.7 Å². The maximum atomic E-state index is 13.8. The molecule has 2 saturated heterocycles. The first-order valence-electron chi connectivity index (χ1n) is 13.4. The molecule has 3 aliphatic heterocycles. The van der Waals surface area contributed by atoms with Gasteiger partial charge in [-0.3, -0.25) is 33.8 Å². The third kappa shape index (κ3) is 6.65. The Morgan fingerprint density at radius 1 is 1.17 bits per heavy atom. The first-order chi connectivity index (χ1) is 21.6. The molecule has 3 aliphatic rings. The van der Waals surface area contributed by atoms with Gasteiger partial charge in [0.1, 0.15) is 16.9 Å². The molecule has 5 rings (SSSR count). The summed E-state index contributed by atoms with van der Waals surface area (Å²) >= 11 is 3.61. The second-order valence-corrected chi connectivity index (χ2v) is 12.9. The van der Waals surface area contributed by atoms with Crippen LogP contribution in [0.15, 0.2) is 51.5 Å². The van der Waals surface area contributed by atoms with Gasteiger partial charge in [-0.2, -0.15) is 0 Å². The molecule has 46 heavy (non-hydrogen) atoms. The molecule has 236 valence electrons. The summed E-state index contributed by atoms with van der Waals surface area (Å²) in [4.78, 5) is 92.5. The molecular formula is C26H25N8NaO8S3. The van der Waals surface area contributed by atoms with Crippen molar-refractivity contribution in [2.24, 2.45) is 0 Å². The van der Waals surface area contributed by atoms with Crippen LogP contribution in [-0.2, 0) is 28.8 Å².